The first-order valence-electron chi connectivity index (χ1n) is 13.4. The summed E-state index contributed by atoms with van der Waals surface area (Å²) in [6, 6.07) is 0. The van der Waals surface area contributed by atoms with E-state index in [9.17, 15) is 5.11 Å². The zero-order chi connectivity index (χ0) is 22.2. The van der Waals surface area contributed by atoms with Crippen molar-refractivity contribution in [1.82, 2.24) is 0 Å². The third-order valence-corrected chi connectivity index (χ3v) is 10.6. The molecule has 3 aliphatic carbocycles. The van der Waals surface area contributed by atoms with Gasteiger partial charge in [-0.1, -0.05) is 59.1 Å². The van der Waals surface area contributed by atoms with Crippen LogP contribution in [0.5, 0.6) is 0 Å². The van der Waals surface area contributed by atoms with E-state index >= 15 is 0 Å². The van der Waals surface area contributed by atoms with Crippen LogP contribution in [0, 0.1) is 40.4 Å². The van der Waals surface area contributed by atoms with E-state index in [4.69, 9.17) is 0 Å². The van der Waals surface area contributed by atoms with Crippen LogP contribution in [-0.4, -0.2) is 10.7 Å². The zero-order valence-electron chi connectivity index (χ0n) is 21.4. The molecule has 0 saturated heterocycles. The molecular weight excluding hydrogens is 364 g/mol. The molecule has 0 bridgehead atoms. The highest BCUT2D eigenvalue weighted by atomic mass is 16.3. The lowest BCUT2D eigenvalue weighted by Crippen LogP contribution is -2.41. The summed E-state index contributed by atoms with van der Waals surface area (Å²) in [5.74, 6) is 4.36. The SMILES string of the molecule is CC1CCCC/C1=C/CC1CCCC2(C)C(C(C)CCC(C)(C)C(C)(C)O)CCC12. The molecule has 6 unspecified atom stereocenters. The number of hydrogen-bond donors (Lipinski definition) is 1. The van der Waals surface area contributed by atoms with E-state index in [0.29, 0.717) is 5.41 Å². The smallest absolute Gasteiger partial charge is 0.0642 e. The van der Waals surface area contributed by atoms with Gasteiger partial charge in [-0.15, -0.1) is 0 Å². The molecule has 30 heavy (non-hydrogen) atoms. The second-order valence-corrected chi connectivity index (χ2v) is 13.1. The molecule has 0 aromatic heterocycles. The van der Waals surface area contributed by atoms with Crippen molar-refractivity contribution in [2.75, 3.05) is 0 Å². The molecule has 6 atom stereocenters. The molecule has 1 N–H and O–H groups in total. The molecule has 0 spiro atoms. The molecule has 3 rings (SSSR count). The molecule has 0 aromatic rings. The van der Waals surface area contributed by atoms with Crippen LogP contribution in [0.2, 0.25) is 0 Å². The van der Waals surface area contributed by atoms with Crippen molar-refractivity contribution in [3.05, 3.63) is 11.6 Å². The minimum Gasteiger partial charge on any atom is -0.390 e. The molecule has 1 heteroatoms. The second kappa shape index (κ2) is 9.29. The molecule has 3 saturated carbocycles. The van der Waals surface area contributed by atoms with Crippen LogP contribution < -0.4 is 0 Å². The van der Waals surface area contributed by atoms with Crippen molar-refractivity contribution in [2.45, 2.75) is 131 Å². The quantitative estimate of drug-likeness (QED) is 0.412. The highest BCUT2D eigenvalue weighted by Crippen LogP contribution is 2.61. The maximum absolute atomic E-state index is 10.6. The van der Waals surface area contributed by atoms with Crippen LogP contribution in [0.4, 0.5) is 0 Å². The van der Waals surface area contributed by atoms with Gasteiger partial charge in [0.1, 0.15) is 0 Å². The van der Waals surface area contributed by atoms with E-state index in [1.165, 1.54) is 70.6 Å². The van der Waals surface area contributed by atoms with Crippen molar-refractivity contribution in [2.24, 2.45) is 40.4 Å². The van der Waals surface area contributed by atoms with Crippen LogP contribution in [0.15, 0.2) is 11.6 Å². The second-order valence-electron chi connectivity index (χ2n) is 13.1. The molecule has 3 aliphatic rings. The molecule has 174 valence electrons. The Labute approximate surface area is 188 Å². The Morgan fingerprint density at radius 2 is 1.80 bits per heavy atom. The Morgan fingerprint density at radius 3 is 2.47 bits per heavy atom. The number of allylic oxidation sites excluding steroid dienone is 2. The van der Waals surface area contributed by atoms with Crippen molar-refractivity contribution in [3.63, 3.8) is 0 Å². The Bertz CT molecular complexity index is 594. The van der Waals surface area contributed by atoms with Gasteiger partial charge in [-0.2, -0.15) is 0 Å². The van der Waals surface area contributed by atoms with Crippen LogP contribution in [-0.2, 0) is 0 Å². The lowest BCUT2D eigenvalue weighted by atomic mass is 9.58. The average molecular weight is 417 g/mol. The van der Waals surface area contributed by atoms with Crippen molar-refractivity contribution in [1.29, 1.82) is 0 Å². The highest BCUT2D eigenvalue weighted by Gasteiger charge is 2.52. The summed E-state index contributed by atoms with van der Waals surface area (Å²) in [5, 5.41) is 10.6. The van der Waals surface area contributed by atoms with Gasteiger partial charge < -0.3 is 5.11 Å². The van der Waals surface area contributed by atoms with Crippen molar-refractivity contribution >= 4 is 0 Å². The summed E-state index contributed by atoms with van der Waals surface area (Å²) in [4.78, 5) is 0. The van der Waals surface area contributed by atoms with E-state index in [1.807, 2.05) is 13.8 Å². The van der Waals surface area contributed by atoms with Gasteiger partial charge in [0.05, 0.1) is 5.60 Å². The zero-order valence-corrected chi connectivity index (χ0v) is 21.4. The molecule has 0 radical (unpaired) electrons. The maximum Gasteiger partial charge on any atom is 0.0642 e. The molecule has 0 aliphatic heterocycles. The van der Waals surface area contributed by atoms with Gasteiger partial charge in [0, 0.05) is 0 Å². The van der Waals surface area contributed by atoms with Crippen molar-refractivity contribution in [3.8, 4) is 0 Å². The van der Waals surface area contributed by atoms with E-state index in [2.05, 4.69) is 40.7 Å². The topological polar surface area (TPSA) is 20.2 Å². The lowest BCUT2D eigenvalue weighted by Gasteiger charge is -2.47. The highest BCUT2D eigenvalue weighted by molar-refractivity contribution is 5.10. The third-order valence-electron chi connectivity index (χ3n) is 10.6. The van der Waals surface area contributed by atoms with Crippen LogP contribution in [0.25, 0.3) is 0 Å². The number of rotatable bonds is 7. The summed E-state index contributed by atoms with van der Waals surface area (Å²) in [6.07, 6.45) is 19.3. The van der Waals surface area contributed by atoms with E-state index in [1.54, 1.807) is 5.57 Å². The predicted molar refractivity (Wildman–Crippen MR) is 130 cm³/mol. The minimum atomic E-state index is -0.603. The Balaban J connectivity index is 1.63. The minimum absolute atomic E-state index is 0.0157. The fraction of sp³-hybridized carbons (Fsp3) is 0.931. The fourth-order valence-corrected chi connectivity index (χ4v) is 7.51. The standard InChI is InChI=1S/C29H52O/c1-21-11-8-9-12-23(21)14-15-24-13-10-19-29(7)25(16-17-26(24)29)22(2)18-20-27(3,4)28(5,6)30/h14,21-22,24-26,30H,8-13,15-20H2,1-7H3/b23-14-. The first-order chi connectivity index (χ1) is 14.0. The summed E-state index contributed by atoms with van der Waals surface area (Å²) in [7, 11) is 0. The largest absolute Gasteiger partial charge is 0.390 e. The molecule has 0 heterocycles. The van der Waals surface area contributed by atoms with Gasteiger partial charge in [0.25, 0.3) is 0 Å². The normalized spacial score (nSPS) is 37.9. The molecule has 1 nitrogen and oxygen atoms in total. The maximum atomic E-state index is 10.6. The Hall–Kier alpha value is -0.300. The van der Waals surface area contributed by atoms with Gasteiger partial charge in [-0.25, -0.2) is 0 Å². The monoisotopic (exact) mass is 416 g/mol. The molecular formula is C29H52O. The van der Waals surface area contributed by atoms with Gasteiger partial charge >= 0.3 is 0 Å². The first-order valence-corrected chi connectivity index (χ1v) is 13.4. The molecule has 0 amide bonds. The number of hydrogen-bond acceptors (Lipinski definition) is 1. The average Bonchev–Trinajstić information content (AvgIpc) is 3.02. The van der Waals surface area contributed by atoms with Gasteiger partial charge in [0.15, 0.2) is 0 Å². The molecule has 3 fully saturated rings. The summed E-state index contributed by atoms with van der Waals surface area (Å²) in [6.45, 7) is 16.1. The Morgan fingerprint density at radius 1 is 1.07 bits per heavy atom. The van der Waals surface area contributed by atoms with Gasteiger partial charge in [-0.05, 0) is 118 Å². The van der Waals surface area contributed by atoms with Crippen molar-refractivity contribution < 1.29 is 5.11 Å². The fourth-order valence-electron chi connectivity index (χ4n) is 7.51. The van der Waals surface area contributed by atoms with E-state index < -0.39 is 5.60 Å². The number of fused-ring (bicyclic) bond motifs is 1. The van der Waals surface area contributed by atoms with Gasteiger partial charge in [0.2, 0.25) is 0 Å². The number of aliphatic hydroxyl groups is 1. The van der Waals surface area contributed by atoms with E-state index in [0.717, 1.165) is 36.0 Å². The summed E-state index contributed by atoms with van der Waals surface area (Å²) >= 11 is 0. The van der Waals surface area contributed by atoms with Gasteiger partial charge in [-0.3, -0.25) is 0 Å². The predicted octanol–water partition coefficient (Wildman–Crippen LogP) is 8.56. The Kier molecular flexibility index (Phi) is 7.53. The van der Waals surface area contributed by atoms with Crippen LogP contribution in [0.3, 0.4) is 0 Å². The van der Waals surface area contributed by atoms with E-state index in [-0.39, 0.29) is 5.41 Å². The summed E-state index contributed by atoms with van der Waals surface area (Å²) in [5.41, 5.74) is 1.72. The molecule has 0 aromatic carbocycles. The first kappa shape index (κ1) is 24.3. The summed E-state index contributed by atoms with van der Waals surface area (Å²) < 4.78 is 0. The third kappa shape index (κ3) is 5.02. The lowest BCUT2D eigenvalue weighted by molar-refractivity contribution is -0.0456. The van der Waals surface area contributed by atoms with Crippen LogP contribution in [0.1, 0.15) is 126 Å². The van der Waals surface area contributed by atoms with Crippen LogP contribution >= 0.6 is 0 Å².